The van der Waals surface area contributed by atoms with Crippen LogP contribution < -0.4 is 0 Å². The minimum atomic E-state index is 0.873. The smallest absolute Gasteiger partial charge is 0.144 e. The first-order valence-electron chi connectivity index (χ1n) is 7.52. The summed E-state index contributed by atoms with van der Waals surface area (Å²) in [5.74, 6) is 0. The van der Waals surface area contributed by atoms with Gasteiger partial charge in [-0.2, -0.15) is 0 Å². The highest BCUT2D eigenvalue weighted by Crippen LogP contribution is 2.37. The quantitative estimate of drug-likeness (QED) is 0.427. The summed E-state index contributed by atoms with van der Waals surface area (Å²) in [6.45, 7) is 0. The van der Waals surface area contributed by atoms with E-state index in [1.807, 2.05) is 42.5 Å². The molecule has 0 spiro atoms. The van der Waals surface area contributed by atoms with Crippen molar-refractivity contribution >= 4 is 32.8 Å². The fourth-order valence-corrected chi connectivity index (χ4v) is 3.13. The van der Waals surface area contributed by atoms with Crippen LogP contribution in [0.25, 0.3) is 44.1 Å². The highest BCUT2D eigenvalue weighted by Gasteiger charge is 2.14. The number of furan rings is 1. The Labute approximate surface area is 132 Å². The number of hydrogen-bond donors (Lipinski definition) is 0. The maximum absolute atomic E-state index is 6.27. The molecular formula is C20H12N2O. The lowest BCUT2D eigenvalue weighted by Crippen LogP contribution is -1.81. The normalized spacial score (nSPS) is 11.5. The molecule has 2 aromatic carbocycles. The molecule has 0 amide bonds. The summed E-state index contributed by atoms with van der Waals surface area (Å²) in [4.78, 5) is 8.87. The van der Waals surface area contributed by atoms with Gasteiger partial charge in [0, 0.05) is 34.1 Å². The summed E-state index contributed by atoms with van der Waals surface area (Å²) in [5.41, 5.74) is 4.63. The molecule has 0 unspecified atom stereocenters. The van der Waals surface area contributed by atoms with Crippen LogP contribution in [-0.2, 0) is 0 Å². The third-order valence-corrected chi connectivity index (χ3v) is 4.19. The molecule has 0 bridgehead atoms. The lowest BCUT2D eigenvalue weighted by atomic mass is 10.1. The first kappa shape index (κ1) is 12.4. The average molecular weight is 296 g/mol. The Bertz CT molecular complexity index is 1160. The molecule has 0 saturated carbocycles. The highest BCUT2D eigenvalue weighted by atomic mass is 16.3. The van der Waals surface area contributed by atoms with Gasteiger partial charge in [0.25, 0.3) is 0 Å². The van der Waals surface area contributed by atoms with Gasteiger partial charge in [0.2, 0.25) is 0 Å². The Morgan fingerprint density at radius 3 is 2.39 bits per heavy atom. The van der Waals surface area contributed by atoms with E-state index in [9.17, 15) is 0 Å². The molecule has 0 radical (unpaired) electrons. The van der Waals surface area contributed by atoms with Crippen LogP contribution in [0.15, 0.2) is 77.5 Å². The van der Waals surface area contributed by atoms with Crippen LogP contribution in [0.2, 0.25) is 0 Å². The summed E-state index contributed by atoms with van der Waals surface area (Å²) < 4.78 is 6.27. The van der Waals surface area contributed by atoms with Crippen LogP contribution in [0, 0.1) is 0 Å². The van der Waals surface area contributed by atoms with Gasteiger partial charge in [-0.15, -0.1) is 0 Å². The van der Waals surface area contributed by atoms with E-state index in [2.05, 4.69) is 28.2 Å². The predicted octanol–water partition coefficient (Wildman–Crippen LogP) is 5.20. The number of nitrogens with zero attached hydrogens (tertiary/aromatic N) is 2. The summed E-state index contributed by atoms with van der Waals surface area (Å²) in [7, 11) is 0. The molecule has 0 aliphatic heterocycles. The molecule has 0 aliphatic rings. The topological polar surface area (TPSA) is 38.9 Å². The Balaban J connectivity index is 1.95. The lowest BCUT2D eigenvalue weighted by molar-refractivity contribution is 0.673. The van der Waals surface area contributed by atoms with Crippen molar-refractivity contribution in [2.75, 3.05) is 0 Å². The van der Waals surface area contributed by atoms with E-state index in [-0.39, 0.29) is 0 Å². The number of pyridine rings is 2. The second kappa shape index (κ2) is 4.65. The highest BCUT2D eigenvalue weighted by molar-refractivity contribution is 6.16. The van der Waals surface area contributed by atoms with Gasteiger partial charge in [-0.25, -0.2) is 0 Å². The fraction of sp³-hybridized carbons (Fsp3) is 0. The van der Waals surface area contributed by atoms with Gasteiger partial charge in [0.15, 0.2) is 0 Å². The molecule has 5 rings (SSSR count). The van der Waals surface area contributed by atoms with Crippen molar-refractivity contribution < 1.29 is 4.42 Å². The van der Waals surface area contributed by atoms with Crippen molar-refractivity contribution in [1.82, 2.24) is 9.97 Å². The monoisotopic (exact) mass is 296 g/mol. The minimum Gasteiger partial charge on any atom is -0.455 e. The van der Waals surface area contributed by atoms with Crippen LogP contribution in [0.3, 0.4) is 0 Å². The maximum Gasteiger partial charge on any atom is 0.144 e. The van der Waals surface area contributed by atoms with Crippen molar-refractivity contribution in [3.05, 3.63) is 73.1 Å². The van der Waals surface area contributed by atoms with Crippen LogP contribution in [-0.4, -0.2) is 9.97 Å². The zero-order valence-electron chi connectivity index (χ0n) is 12.2. The molecule has 3 nitrogen and oxygen atoms in total. The molecule has 0 aliphatic carbocycles. The summed E-state index contributed by atoms with van der Waals surface area (Å²) in [5, 5.41) is 3.25. The number of rotatable bonds is 1. The number of benzene rings is 2. The van der Waals surface area contributed by atoms with Crippen molar-refractivity contribution in [1.29, 1.82) is 0 Å². The van der Waals surface area contributed by atoms with E-state index < -0.39 is 0 Å². The van der Waals surface area contributed by atoms with Crippen molar-refractivity contribution in [3.63, 3.8) is 0 Å². The molecule has 23 heavy (non-hydrogen) atoms. The number of aromatic nitrogens is 2. The maximum atomic E-state index is 6.27. The van der Waals surface area contributed by atoms with Gasteiger partial charge >= 0.3 is 0 Å². The van der Waals surface area contributed by atoms with E-state index in [1.54, 1.807) is 12.4 Å². The molecule has 3 heterocycles. The standard InChI is InChI=1S/C20H12N2O/c1-2-11-21-17(8-1)15-6-3-5-13-14-9-10-18-16(7-4-12-22-18)20(14)23-19(13)15/h1-12H. The van der Waals surface area contributed by atoms with Gasteiger partial charge in [-0.3, -0.25) is 9.97 Å². The van der Waals surface area contributed by atoms with Crippen molar-refractivity contribution in [3.8, 4) is 11.3 Å². The van der Waals surface area contributed by atoms with Crippen LogP contribution >= 0.6 is 0 Å². The zero-order chi connectivity index (χ0) is 15.2. The summed E-state index contributed by atoms with van der Waals surface area (Å²) >= 11 is 0. The Kier molecular flexibility index (Phi) is 2.50. The van der Waals surface area contributed by atoms with E-state index in [1.165, 1.54) is 0 Å². The molecule has 3 aromatic heterocycles. The minimum absolute atomic E-state index is 0.873. The van der Waals surface area contributed by atoms with Gasteiger partial charge in [0.05, 0.1) is 11.2 Å². The Morgan fingerprint density at radius 2 is 1.48 bits per heavy atom. The number of hydrogen-bond acceptors (Lipinski definition) is 3. The van der Waals surface area contributed by atoms with Gasteiger partial charge < -0.3 is 4.42 Å². The number of para-hydroxylation sites is 1. The molecule has 5 aromatic rings. The molecule has 3 heteroatoms. The lowest BCUT2D eigenvalue weighted by Gasteiger charge is -2.00. The average Bonchev–Trinajstić information content (AvgIpc) is 3.01. The van der Waals surface area contributed by atoms with E-state index >= 15 is 0 Å². The molecule has 108 valence electrons. The Morgan fingerprint density at radius 1 is 0.609 bits per heavy atom. The molecule has 0 fully saturated rings. The molecule has 0 atom stereocenters. The van der Waals surface area contributed by atoms with Crippen LogP contribution in [0.5, 0.6) is 0 Å². The van der Waals surface area contributed by atoms with Gasteiger partial charge in [0.1, 0.15) is 11.2 Å². The predicted molar refractivity (Wildman–Crippen MR) is 92.3 cm³/mol. The summed E-state index contributed by atoms with van der Waals surface area (Å²) in [6.07, 6.45) is 3.60. The van der Waals surface area contributed by atoms with Gasteiger partial charge in [-0.05, 0) is 42.5 Å². The zero-order valence-corrected chi connectivity index (χ0v) is 12.2. The molecule has 0 saturated heterocycles. The molecular weight excluding hydrogens is 284 g/mol. The third-order valence-electron chi connectivity index (χ3n) is 4.19. The van der Waals surface area contributed by atoms with E-state index in [4.69, 9.17) is 4.42 Å². The summed E-state index contributed by atoms with van der Waals surface area (Å²) in [6, 6.07) is 20.2. The first-order valence-corrected chi connectivity index (χ1v) is 7.52. The van der Waals surface area contributed by atoms with Crippen molar-refractivity contribution in [2.24, 2.45) is 0 Å². The van der Waals surface area contributed by atoms with Crippen LogP contribution in [0.1, 0.15) is 0 Å². The largest absolute Gasteiger partial charge is 0.455 e. The second-order valence-corrected chi connectivity index (χ2v) is 5.51. The third kappa shape index (κ3) is 1.77. The van der Waals surface area contributed by atoms with Gasteiger partial charge in [-0.1, -0.05) is 18.2 Å². The second-order valence-electron chi connectivity index (χ2n) is 5.51. The van der Waals surface area contributed by atoms with Crippen LogP contribution in [0.4, 0.5) is 0 Å². The SMILES string of the molecule is c1ccc(-c2cccc3c2oc2c4cccnc4ccc32)nc1. The Hall–Kier alpha value is -3.20. The van der Waals surface area contributed by atoms with Crippen molar-refractivity contribution in [2.45, 2.75) is 0 Å². The number of fused-ring (bicyclic) bond motifs is 5. The molecule has 0 N–H and O–H groups in total. The first-order chi connectivity index (χ1) is 11.4. The fourth-order valence-electron chi connectivity index (χ4n) is 3.13. The van der Waals surface area contributed by atoms with E-state index in [0.717, 1.165) is 44.1 Å². The van der Waals surface area contributed by atoms with E-state index in [0.29, 0.717) is 0 Å².